The molecule has 4 heteroatoms. The van der Waals surface area contributed by atoms with Crippen LogP contribution in [0.15, 0.2) is 0 Å². The molecule has 0 saturated carbocycles. The zero-order valence-corrected chi connectivity index (χ0v) is 10.9. The number of carbonyl (C=O) groups excluding carboxylic acids is 2. The van der Waals surface area contributed by atoms with Crippen molar-refractivity contribution in [2.75, 3.05) is 13.1 Å². The van der Waals surface area contributed by atoms with Crippen LogP contribution in [-0.2, 0) is 9.59 Å². The highest BCUT2D eigenvalue weighted by Gasteiger charge is 2.38. The van der Waals surface area contributed by atoms with E-state index in [0.717, 1.165) is 25.8 Å². The van der Waals surface area contributed by atoms with Gasteiger partial charge in [0.2, 0.25) is 11.8 Å². The summed E-state index contributed by atoms with van der Waals surface area (Å²) in [6.45, 7) is 3.20. The molecule has 0 N–H and O–H groups in total. The Morgan fingerprint density at radius 2 is 2.17 bits per heavy atom. The Morgan fingerprint density at radius 3 is 2.89 bits per heavy atom. The van der Waals surface area contributed by atoms with E-state index in [4.69, 9.17) is 6.42 Å². The molecule has 2 atom stereocenters. The number of fused-ring (bicyclic) bond motifs is 1. The van der Waals surface area contributed by atoms with Gasteiger partial charge in [0, 0.05) is 32.0 Å². The van der Waals surface area contributed by atoms with E-state index in [-0.39, 0.29) is 23.9 Å². The highest BCUT2D eigenvalue weighted by Crippen LogP contribution is 2.24. The number of piperidine rings is 1. The van der Waals surface area contributed by atoms with E-state index < -0.39 is 0 Å². The maximum atomic E-state index is 12.5. The van der Waals surface area contributed by atoms with Crippen molar-refractivity contribution in [3.8, 4) is 12.3 Å². The van der Waals surface area contributed by atoms with Crippen LogP contribution in [0.25, 0.3) is 0 Å². The van der Waals surface area contributed by atoms with E-state index in [0.29, 0.717) is 19.4 Å². The van der Waals surface area contributed by atoms with Crippen LogP contribution in [0.3, 0.4) is 0 Å². The minimum absolute atomic E-state index is 0.0252. The summed E-state index contributed by atoms with van der Waals surface area (Å²) in [6.07, 6.45) is 9.12. The molecule has 2 heterocycles. The van der Waals surface area contributed by atoms with Crippen molar-refractivity contribution in [2.45, 2.75) is 51.1 Å². The first-order valence-corrected chi connectivity index (χ1v) is 6.68. The number of carbonyl (C=O) groups is 2. The van der Waals surface area contributed by atoms with Crippen molar-refractivity contribution < 1.29 is 9.59 Å². The molecule has 0 aliphatic carbocycles. The molecule has 0 aromatic heterocycles. The van der Waals surface area contributed by atoms with Gasteiger partial charge >= 0.3 is 0 Å². The normalized spacial score (nSPS) is 26.3. The summed E-state index contributed by atoms with van der Waals surface area (Å²) in [5.41, 5.74) is 0. The number of terminal acetylenes is 1. The molecule has 2 saturated heterocycles. The first kappa shape index (κ1) is 12.9. The fourth-order valence-electron chi connectivity index (χ4n) is 2.87. The molecule has 98 valence electrons. The van der Waals surface area contributed by atoms with Crippen molar-refractivity contribution in [3.05, 3.63) is 0 Å². The van der Waals surface area contributed by atoms with Gasteiger partial charge < -0.3 is 9.80 Å². The average Bonchev–Trinajstić information content (AvgIpc) is 2.50. The van der Waals surface area contributed by atoms with Crippen LogP contribution in [0, 0.1) is 12.3 Å². The summed E-state index contributed by atoms with van der Waals surface area (Å²) >= 11 is 0. The summed E-state index contributed by atoms with van der Waals surface area (Å²) in [5.74, 6) is 2.80. The topological polar surface area (TPSA) is 40.6 Å². The lowest BCUT2D eigenvalue weighted by molar-refractivity contribution is -0.144. The highest BCUT2D eigenvalue weighted by molar-refractivity contribution is 5.90. The molecule has 4 nitrogen and oxygen atoms in total. The Bertz CT molecular complexity index is 386. The predicted octanol–water partition coefficient (Wildman–Crippen LogP) is 1.01. The summed E-state index contributed by atoms with van der Waals surface area (Å²) in [4.78, 5) is 28.1. The lowest BCUT2D eigenvalue weighted by Gasteiger charge is -2.35. The second-order valence-electron chi connectivity index (χ2n) is 5.14. The molecule has 2 unspecified atom stereocenters. The third-order valence-electron chi connectivity index (χ3n) is 3.90. The van der Waals surface area contributed by atoms with E-state index in [1.165, 1.54) is 0 Å². The smallest absolute Gasteiger partial charge is 0.245 e. The van der Waals surface area contributed by atoms with E-state index in [2.05, 4.69) is 5.92 Å². The van der Waals surface area contributed by atoms with E-state index >= 15 is 0 Å². The van der Waals surface area contributed by atoms with Gasteiger partial charge in [-0.25, -0.2) is 0 Å². The maximum Gasteiger partial charge on any atom is 0.245 e. The summed E-state index contributed by atoms with van der Waals surface area (Å²) in [7, 11) is 0. The largest absolute Gasteiger partial charge is 0.337 e. The SMILES string of the molecule is C#CCC(C)N1CCC(=O)N2CCCCC2C1=O. The zero-order valence-electron chi connectivity index (χ0n) is 10.9. The molecule has 0 spiro atoms. The average molecular weight is 248 g/mol. The predicted molar refractivity (Wildman–Crippen MR) is 68.6 cm³/mol. The minimum Gasteiger partial charge on any atom is -0.337 e. The van der Waals surface area contributed by atoms with Crippen LogP contribution in [0.5, 0.6) is 0 Å². The molecular formula is C14H20N2O2. The quantitative estimate of drug-likeness (QED) is 0.684. The van der Waals surface area contributed by atoms with Crippen molar-refractivity contribution in [2.24, 2.45) is 0 Å². The van der Waals surface area contributed by atoms with Gasteiger partial charge in [-0.3, -0.25) is 9.59 Å². The minimum atomic E-state index is -0.242. The van der Waals surface area contributed by atoms with Gasteiger partial charge in [0.15, 0.2) is 0 Å². The molecule has 2 aliphatic rings. The van der Waals surface area contributed by atoms with Crippen molar-refractivity contribution in [3.63, 3.8) is 0 Å². The van der Waals surface area contributed by atoms with Crippen LogP contribution in [-0.4, -0.2) is 46.8 Å². The maximum absolute atomic E-state index is 12.5. The van der Waals surface area contributed by atoms with Crippen molar-refractivity contribution in [1.82, 2.24) is 9.80 Å². The molecule has 0 aromatic rings. The highest BCUT2D eigenvalue weighted by atomic mass is 16.2. The van der Waals surface area contributed by atoms with Gasteiger partial charge in [-0.1, -0.05) is 0 Å². The number of nitrogens with zero attached hydrogens (tertiary/aromatic N) is 2. The molecule has 0 aromatic carbocycles. The van der Waals surface area contributed by atoms with Gasteiger partial charge in [-0.15, -0.1) is 12.3 Å². The number of hydrogen-bond acceptors (Lipinski definition) is 2. The first-order valence-electron chi connectivity index (χ1n) is 6.68. The third kappa shape index (κ3) is 2.35. The van der Waals surface area contributed by atoms with Crippen LogP contribution >= 0.6 is 0 Å². The van der Waals surface area contributed by atoms with E-state index in [1.54, 1.807) is 9.80 Å². The van der Waals surface area contributed by atoms with Crippen LogP contribution in [0.2, 0.25) is 0 Å². The third-order valence-corrected chi connectivity index (χ3v) is 3.90. The first-order chi connectivity index (χ1) is 8.65. The monoisotopic (exact) mass is 248 g/mol. The fraction of sp³-hybridized carbons (Fsp3) is 0.714. The molecule has 2 amide bonds. The van der Waals surface area contributed by atoms with Crippen LogP contribution in [0.4, 0.5) is 0 Å². The molecule has 18 heavy (non-hydrogen) atoms. The lowest BCUT2D eigenvalue weighted by Crippen LogP contribution is -2.51. The molecule has 0 radical (unpaired) electrons. The zero-order chi connectivity index (χ0) is 13.1. The summed E-state index contributed by atoms with van der Waals surface area (Å²) < 4.78 is 0. The second kappa shape index (κ2) is 5.43. The molecule has 2 fully saturated rings. The Morgan fingerprint density at radius 1 is 1.39 bits per heavy atom. The number of amides is 2. The lowest BCUT2D eigenvalue weighted by atomic mass is 10.0. The summed E-state index contributed by atoms with van der Waals surface area (Å²) in [5, 5.41) is 0. The standard InChI is InChI=1S/C14H20N2O2/c1-3-6-11(2)15-10-8-13(17)16-9-5-4-7-12(16)14(15)18/h1,11-12H,4-10H2,2H3. The van der Waals surface area contributed by atoms with Gasteiger partial charge in [-0.05, 0) is 26.2 Å². The molecule has 2 aliphatic heterocycles. The Balaban J connectivity index is 2.18. The second-order valence-corrected chi connectivity index (χ2v) is 5.14. The van der Waals surface area contributed by atoms with Crippen LogP contribution in [0.1, 0.15) is 39.0 Å². The van der Waals surface area contributed by atoms with Gasteiger partial charge in [0.1, 0.15) is 6.04 Å². The van der Waals surface area contributed by atoms with Gasteiger partial charge in [-0.2, -0.15) is 0 Å². The molecule has 2 rings (SSSR count). The Hall–Kier alpha value is -1.50. The number of hydrogen-bond donors (Lipinski definition) is 0. The number of rotatable bonds is 2. The molecule has 0 bridgehead atoms. The summed E-state index contributed by atoms with van der Waals surface area (Å²) in [6, 6.07) is -0.217. The van der Waals surface area contributed by atoms with Crippen molar-refractivity contribution >= 4 is 11.8 Å². The van der Waals surface area contributed by atoms with Crippen molar-refractivity contribution in [1.29, 1.82) is 0 Å². The van der Waals surface area contributed by atoms with Gasteiger partial charge in [0.05, 0.1) is 0 Å². The Kier molecular flexibility index (Phi) is 3.90. The van der Waals surface area contributed by atoms with Gasteiger partial charge in [0.25, 0.3) is 0 Å². The Labute approximate surface area is 108 Å². The van der Waals surface area contributed by atoms with E-state index in [1.807, 2.05) is 6.92 Å². The van der Waals surface area contributed by atoms with Crippen LogP contribution < -0.4 is 0 Å². The fourth-order valence-corrected chi connectivity index (χ4v) is 2.87. The molecular weight excluding hydrogens is 228 g/mol. The van der Waals surface area contributed by atoms with E-state index in [9.17, 15) is 9.59 Å².